The second kappa shape index (κ2) is 5.95. The number of methoxy groups -OCH3 is 2. The van der Waals surface area contributed by atoms with Crippen molar-refractivity contribution >= 4 is 0 Å². The minimum Gasteiger partial charge on any atom is -0.493 e. The highest BCUT2D eigenvalue weighted by Gasteiger charge is 2.32. The number of nitrogens with two attached hydrogens (primary N) is 1. The summed E-state index contributed by atoms with van der Waals surface area (Å²) in [6, 6.07) is 3.20. The highest BCUT2D eigenvalue weighted by atomic mass is 19.3. The van der Waals surface area contributed by atoms with E-state index in [0.29, 0.717) is 11.3 Å². The largest absolute Gasteiger partial charge is 0.493 e. The Balaban J connectivity index is 2.51. The molecule has 5 heteroatoms. The van der Waals surface area contributed by atoms with Crippen molar-refractivity contribution in [3.63, 3.8) is 0 Å². The molecule has 0 radical (unpaired) electrons. The molecule has 1 aliphatic carbocycles. The number of rotatable bonds is 4. The summed E-state index contributed by atoms with van der Waals surface area (Å²) in [5, 5.41) is 0. The number of ether oxygens (including phenoxy) is 2. The third-order valence-corrected chi connectivity index (χ3v) is 4.06. The fraction of sp³-hybridized carbons (Fsp3) is 0.600. The standard InChI is InChI=1S/C15H21F2NO2/c1-19-12-9-10(15(18)6-4-3-5-7-15)8-11(14(16)17)13(12)20-2/h8-9,14H,3-7,18H2,1-2H3. The van der Waals surface area contributed by atoms with Crippen LogP contribution in [0, 0.1) is 0 Å². The average Bonchev–Trinajstić information content (AvgIpc) is 2.46. The summed E-state index contributed by atoms with van der Waals surface area (Å²) in [5.74, 6) is 0.404. The first-order chi connectivity index (χ1) is 9.51. The summed E-state index contributed by atoms with van der Waals surface area (Å²) in [7, 11) is 2.81. The van der Waals surface area contributed by atoms with Gasteiger partial charge in [0, 0.05) is 5.54 Å². The molecular formula is C15H21F2NO2. The van der Waals surface area contributed by atoms with Crippen LogP contribution in [0.1, 0.15) is 49.7 Å². The van der Waals surface area contributed by atoms with Gasteiger partial charge in [-0.15, -0.1) is 0 Å². The van der Waals surface area contributed by atoms with Crippen LogP contribution in [0.5, 0.6) is 11.5 Å². The van der Waals surface area contributed by atoms with Gasteiger partial charge in [0.2, 0.25) is 0 Å². The minimum atomic E-state index is -2.62. The third kappa shape index (κ3) is 2.73. The number of halogens is 2. The van der Waals surface area contributed by atoms with Gasteiger partial charge < -0.3 is 15.2 Å². The van der Waals surface area contributed by atoms with Gasteiger partial charge in [-0.1, -0.05) is 19.3 Å². The molecule has 1 fully saturated rings. The van der Waals surface area contributed by atoms with E-state index >= 15 is 0 Å². The Morgan fingerprint density at radius 3 is 2.25 bits per heavy atom. The van der Waals surface area contributed by atoms with Crippen LogP contribution in [0.3, 0.4) is 0 Å². The first-order valence-electron chi connectivity index (χ1n) is 6.85. The van der Waals surface area contributed by atoms with Gasteiger partial charge in [0.15, 0.2) is 11.5 Å². The molecule has 1 saturated carbocycles. The molecule has 0 saturated heterocycles. The lowest BCUT2D eigenvalue weighted by Crippen LogP contribution is -2.38. The van der Waals surface area contributed by atoms with Crippen LogP contribution >= 0.6 is 0 Å². The molecule has 0 bridgehead atoms. The first kappa shape index (κ1) is 15.0. The van der Waals surface area contributed by atoms with Crippen LogP contribution in [-0.4, -0.2) is 14.2 Å². The molecule has 112 valence electrons. The number of hydrogen-bond acceptors (Lipinski definition) is 3. The van der Waals surface area contributed by atoms with Gasteiger partial charge in [0.1, 0.15) is 0 Å². The number of hydrogen-bond donors (Lipinski definition) is 1. The second-order valence-electron chi connectivity index (χ2n) is 5.32. The van der Waals surface area contributed by atoms with Gasteiger partial charge in [0.05, 0.1) is 19.8 Å². The molecule has 2 rings (SSSR count). The summed E-state index contributed by atoms with van der Waals surface area (Å²) < 4.78 is 36.7. The van der Waals surface area contributed by atoms with E-state index in [0.717, 1.165) is 32.1 Å². The maximum atomic E-state index is 13.2. The Kier molecular flexibility index (Phi) is 4.48. The Morgan fingerprint density at radius 1 is 1.10 bits per heavy atom. The van der Waals surface area contributed by atoms with Crippen molar-refractivity contribution in [1.82, 2.24) is 0 Å². The molecule has 0 heterocycles. The van der Waals surface area contributed by atoms with E-state index in [1.54, 1.807) is 6.07 Å². The van der Waals surface area contributed by atoms with Gasteiger partial charge in [-0.25, -0.2) is 8.78 Å². The van der Waals surface area contributed by atoms with Gasteiger partial charge in [-0.2, -0.15) is 0 Å². The molecule has 0 amide bonds. The van der Waals surface area contributed by atoms with Crippen molar-refractivity contribution in [2.45, 2.75) is 44.1 Å². The van der Waals surface area contributed by atoms with Crippen LogP contribution in [0.25, 0.3) is 0 Å². The monoisotopic (exact) mass is 285 g/mol. The van der Waals surface area contributed by atoms with Crippen LogP contribution in [0.4, 0.5) is 8.78 Å². The van der Waals surface area contributed by atoms with Crippen molar-refractivity contribution < 1.29 is 18.3 Å². The van der Waals surface area contributed by atoms with Crippen molar-refractivity contribution in [3.05, 3.63) is 23.3 Å². The molecule has 1 aromatic carbocycles. The lowest BCUT2D eigenvalue weighted by Gasteiger charge is -2.34. The lowest BCUT2D eigenvalue weighted by atomic mass is 9.77. The van der Waals surface area contributed by atoms with Crippen molar-refractivity contribution in [2.75, 3.05) is 14.2 Å². The van der Waals surface area contributed by atoms with Gasteiger partial charge in [-0.3, -0.25) is 0 Å². The van der Waals surface area contributed by atoms with E-state index in [2.05, 4.69) is 0 Å². The number of alkyl halides is 2. The second-order valence-corrected chi connectivity index (χ2v) is 5.32. The zero-order valence-corrected chi connectivity index (χ0v) is 11.9. The molecule has 20 heavy (non-hydrogen) atoms. The fourth-order valence-corrected chi connectivity index (χ4v) is 2.91. The quantitative estimate of drug-likeness (QED) is 0.916. The molecule has 0 aliphatic heterocycles. The summed E-state index contributed by atoms with van der Waals surface area (Å²) in [6.07, 6.45) is 2.19. The average molecular weight is 285 g/mol. The smallest absolute Gasteiger partial charge is 0.267 e. The lowest BCUT2D eigenvalue weighted by molar-refractivity contribution is 0.145. The summed E-state index contributed by atoms with van der Waals surface area (Å²) >= 11 is 0. The van der Waals surface area contributed by atoms with Crippen LogP contribution in [0.2, 0.25) is 0 Å². The highest BCUT2D eigenvalue weighted by molar-refractivity contribution is 5.51. The van der Waals surface area contributed by atoms with Crippen molar-refractivity contribution in [2.24, 2.45) is 5.73 Å². The topological polar surface area (TPSA) is 44.5 Å². The normalized spacial score (nSPS) is 18.1. The molecule has 0 unspecified atom stereocenters. The van der Waals surface area contributed by atoms with E-state index in [1.807, 2.05) is 0 Å². The summed E-state index contributed by atoms with van der Waals surface area (Å²) in [4.78, 5) is 0. The predicted octanol–water partition coefficient (Wildman–Crippen LogP) is 3.76. The van der Waals surface area contributed by atoms with Crippen LogP contribution in [0.15, 0.2) is 12.1 Å². The molecular weight excluding hydrogens is 264 g/mol. The van der Waals surface area contributed by atoms with E-state index in [1.165, 1.54) is 20.3 Å². The SMILES string of the molecule is COc1cc(C2(N)CCCCC2)cc(C(F)F)c1OC. The Labute approximate surface area is 118 Å². The Hall–Kier alpha value is -1.36. The van der Waals surface area contributed by atoms with Gasteiger partial charge in [-0.05, 0) is 30.5 Å². The molecule has 0 atom stereocenters. The van der Waals surface area contributed by atoms with Crippen LogP contribution in [-0.2, 0) is 5.54 Å². The van der Waals surface area contributed by atoms with Crippen molar-refractivity contribution in [3.8, 4) is 11.5 Å². The zero-order chi connectivity index (χ0) is 14.8. The molecule has 1 aromatic rings. The molecule has 2 N–H and O–H groups in total. The van der Waals surface area contributed by atoms with Gasteiger partial charge >= 0.3 is 0 Å². The summed E-state index contributed by atoms with van der Waals surface area (Å²) in [6.45, 7) is 0. The van der Waals surface area contributed by atoms with Gasteiger partial charge in [0.25, 0.3) is 6.43 Å². The summed E-state index contributed by atoms with van der Waals surface area (Å²) in [5.41, 5.74) is 6.44. The van der Waals surface area contributed by atoms with E-state index in [-0.39, 0.29) is 11.3 Å². The van der Waals surface area contributed by atoms with Crippen LogP contribution < -0.4 is 15.2 Å². The minimum absolute atomic E-state index is 0.0886. The molecule has 1 aliphatic rings. The fourth-order valence-electron chi connectivity index (χ4n) is 2.91. The van der Waals surface area contributed by atoms with E-state index in [4.69, 9.17) is 15.2 Å². The predicted molar refractivity (Wildman–Crippen MR) is 73.5 cm³/mol. The third-order valence-electron chi connectivity index (χ3n) is 4.06. The Morgan fingerprint density at radius 2 is 1.75 bits per heavy atom. The first-order valence-corrected chi connectivity index (χ1v) is 6.85. The highest BCUT2D eigenvalue weighted by Crippen LogP contribution is 2.43. The maximum absolute atomic E-state index is 13.2. The molecule has 0 spiro atoms. The molecule has 0 aromatic heterocycles. The Bertz CT molecular complexity index is 471. The zero-order valence-electron chi connectivity index (χ0n) is 11.9. The van der Waals surface area contributed by atoms with Crippen molar-refractivity contribution in [1.29, 1.82) is 0 Å². The molecule has 3 nitrogen and oxygen atoms in total. The maximum Gasteiger partial charge on any atom is 0.267 e. The number of benzene rings is 1. The van der Waals surface area contributed by atoms with E-state index < -0.39 is 12.0 Å². The van der Waals surface area contributed by atoms with E-state index in [9.17, 15) is 8.78 Å².